The van der Waals surface area contributed by atoms with Crippen molar-refractivity contribution in [3.05, 3.63) is 82.3 Å². The van der Waals surface area contributed by atoms with Crippen LogP contribution in [0, 0.1) is 0 Å². The van der Waals surface area contributed by atoms with Gasteiger partial charge in [-0.15, -0.1) is 0 Å². The number of nitrogens with one attached hydrogen (secondary N) is 3. The van der Waals surface area contributed by atoms with Gasteiger partial charge >= 0.3 is 0 Å². The molecule has 1 heterocycles. The second-order valence-corrected chi connectivity index (χ2v) is 5.94. The van der Waals surface area contributed by atoms with E-state index in [9.17, 15) is 14.4 Å². The molecule has 0 radical (unpaired) electrons. The van der Waals surface area contributed by atoms with Gasteiger partial charge < -0.3 is 25.1 Å². The molecule has 0 unspecified atom stereocenters. The molecule has 0 atom stereocenters. The van der Waals surface area contributed by atoms with E-state index < -0.39 is 11.5 Å². The molecule has 0 spiro atoms. The number of pyridine rings is 1. The Kier molecular flexibility index (Phi) is 5.94. The van der Waals surface area contributed by atoms with Gasteiger partial charge in [-0.1, -0.05) is 18.2 Å². The number of methoxy groups -OCH3 is 2. The first-order valence-corrected chi connectivity index (χ1v) is 8.65. The Morgan fingerprint density at radius 3 is 1.97 bits per heavy atom. The Balaban J connectivity index is 1.90. The van der Waals surface area contributed by atoms with Crippen LogP contribution in [0.25, 0.3) is 0 Å². The first kappa shape index (κ1) is 19.7. The molecule has 1 aromatic heterocycles. The van der Waals surface area contributed by atoms with Crippen molar-refractivity contribution >= 4 is 23.2 Å². The van der Waals surface area contributed by atoms with Gasteiger partial charge in [-0.05, 0) is 24.3 Å². The second kappa shape index (κ2) is 8.75. The monoisotopic (exact) mass is 393 g/mol. The summed E-state index contributed by atoms with van der Waals surface area (Å²) in [4.78, 5) is 39.2. The minimum Gasteiger partial charge on any atom is -0.494 e. The lowest BCUT2D eigenvalue weighted by Gasteiger charge is -2.16. The third kappa shape index (κ3) is 4.44. The van der Waals surface area contributed by atoms with Crippen molar-refractivity contribution in [2.45, 2.75) is 0 Å². The number of carbonyl (C=O) groups excluding carboxylic acids is 2. The third-order valence-corrected chi connectivity index (χ3v) is 4.12. The largest absolute Gasteiger partial charge is 0.494 e. The highest BCUT2D eigenvalue weighted by Crippen LogP contribution is 2.36. The van der Waals surface area contributed by atoms with Crippen molar-refractivity contribution < 1.29 is 19.1 Å². The number of ether oxygens (including phenoxy) is 2. The third-order valence-electron chi connectivity index (χ3n) is 4.12. The van der Waals surface area contributed by atoms with Gasteiger partial charge in [0, 0.05) is 23.9 Å². The zero-order valence-electron chi connectivity index (χ0n) is 15.8. The average Bonchev–Trinajstić information content (AvgIpc) is 2.75. The zero-order chi connectivity index (χ0) is 20.8. The number of aromatic amines is 1. The number of aromatic nitrogens is 1. The van der Waals surface area contributed by atoms with E-state index in [4.69, 9.17) is 9.47 Å². The highest BCUT2D eigenvalue weighted by Gasteiger charge is 2.17. The van der Waals surface area contributed by atoms with Crippen LogP contribution in [0.2, 0.25) is 0 Å². The zero-order valence-corrected chi connectivity index (χ0v) is 15.8. The maximum absolute atomic E-state index is 12.5. The fourth-order valence-corrected chi connectivity index (χ4v) is 2.67. The molecule has 3 rings (SSSR count). The van der Waals surface area contributed by atoms with Crippen molar-refractivity contribution in [2.75, 3.05) is 24.9 Å². The van der Waals surface area contributed by atoms with Crippen molar-refractivity contribution in [1.82, 2.24) is 4.98 Å². The lowest BCUT2D eigenvalue weighted by molar-refractivity contribution is 0.101. The number of anilines is 2. The van der Waals surface area contributed by atoms with Gasteiger partial charge in [-0.3, -0.25) is 14.4 Å². The fourth-order valence-electron chi connectivity index (χ4n) is 2.67. The molecule has 148 valence electrons. The molecular weight excluding hydrogens is 374 g/mol. The van der Waals surface area contributed by atoms with Crippen molar-refractivity contribution in [3.63, 3.8) is 0 Å². The summed E-state index contributed by atoms with van der Waals surface area (Å²) in [5.74, 6) is -0.325. The molecule has 0 fully saturated rings. The number of rotatable bonds is 6. The van der Waals surface area contributed by atoms with Crippen LogP contribution in [-0.2, 0) is 0 Å². The maximum atomic E-state index is 12.5. The van der Waals surface area contributed by atoms with Crippen LogP contribution in [0.5, 0.6) is 11.5 Å². The summed E-state index contributed by atoms with van der Waals surface area (Å²) in [6.45, 7) is 0. The van der Waals surface area contributed by atoms with E-state index in [1.807, 2.05) is 6.07 Å². The second-order valence-electron chi connectivity index (χ2n) is 5.94. The summed E-state index contributed by atoms with van der Waals surface area (Å²) in [5.41, 5.74) is 0.580. The minimum absolute atomic E-state index is 0.0463. The number of hydrogen-bond donors (Lipinski definition) is 3. The lowest BCUT2D eigenvalue weighted by Crippen LogP contribution is -2.22. The molecule has 8 heteroatoms. The topological polar surface area (TPSA) is 110 Å². The smallest absolute Gasteiger partial charge is 0.261 e. The Hall–Kier alpha value is -4.07. The van der Waals surface area contributed by atoms with Gasteiger partial charge in [-0.25, -0.2) is 0 Å². The number of benzene rings is 2. The molecule has 3 N–H and O–H groups in total. The molecule has 0 saturated carbocycles. The molecule has 0 aliphatic carbocycles. The summed E-state index contributed by atoms with van der Waals surface area (Å²) in [6.07, 6.45) is 1.44. The van der Waals surface area contributed by atoms with Crippen molar-refractivity contribution in [2.24, 2.45) is 0 Å². The molecule has 0 saturated heterocycles. The molecule has 8 nitrogen and oxygen atoms in total. The Morgan fingerprint density at radius 2 is 1.41 bits per heavy atom. The SMILES string of the molecule is COc1cc(NC(=O)c2ccc[nH]c2=O)c(OC)cc1NC(=O)c1ccccc1. The van der Waals surface area contributed by atoms with Crippen LogP contribution in [0.3, 0.4) is 0 Å². The van der Waals surface area contributed by atoms with E-state index in [1.165, 1.54) is 38.6 Å². The molecular formula is C21H19N3O5. The Labute approximate surface area is 166 Å². The predicted octanol–water partition coefficient (Wildman–Crippen LogP) is 2.90. The standard InChI is InChI=1S/C21H19N3O5/c1-28-17-12-16(24-21(27)14-9-6-10-22-20(14)26)18(29-2)11-15(17)23-19(25)13-7-4-3-5-8-13/h3-12H,1-2H3,(H,22,26)(H,23,25)(H,24,27). The normalized spacial score (nSPS) is 10.1. The summed E-state index contributed by atoms with van der Waals surface area (Å²) in [7, 11) is 2.86. The van der Waals surface area contributed by atoms with Crippen molar-refractivity contribution in [1.29, 1.82) is 0 Å². The molecule has 0 aliphatic rings. The van der Waals surface area contributed by atoms with Crippen LogP contribution in [0.4, 0.5) is 11.4 Å². The van der Waals surface area contributed by atoms with Gasteiger partial charge in [-0.2, -0.15) is 0 Å². The first-order valence-electron chi connectivity index (χ1n) is 8.65. The number of amides is 2. The van der Waals surface area contributed by atoms with Crippen molar-refractivity contribution in [3.8, 4) is 11.5 Å². The van der Waals surface area contributed by atoms with E-state index in [0.717, 1.165) is 0 Å². The Morgan fingerprint density at radius 1 is 0.828 bits per heavy atom. The van der Waals surface area contributed by atoms with Gasteiger partial charge in [0.05, 0.1) is 25.6 Å². The maximum Gasteiger partial charge on any atom is 0.261 e. The van der Waals surface area contributed by atoms with E-state index in [0.29, 0.717) is 17.0 Å². The lowest BCUT2D eigenvalue weighted by atomic mass is 10.2. The molecule has 3 aromatic rings. The minimum atomic E-state index is -0.603. The van der Waals surface area contributed by atoms with E-state index in [-0.39, 0.29) is 22.9 Å². The summed E-state index contributed by atoms with van der Waals surface area (Å²) >= 11 is 0. The summed E-state index contributed by atoms with van der Waals surface area (Å²) in [6, 6.07) is 14.7. The van der Waals surface area contributed by atoms with Gasteiger partial charge in [0.2, 0.25) is 0 Å². The number of H-pyrrole nitrogens is 1. The van der Waals surface area contributed by atoms with E-state index >= 15 is 0 Å². The van der Waals surface area contributed by atoms with Crippen LogP contribution in [0.1, 0.15) is 20.7 Å². The summed E-state index contributed by atoms with van der Waals surface area (Å²) in [5, 5.41) is 5.39. The van der Waals surface area contributed by atoms with E-state index in [1.54, 1.807) is 30.3 Å². The molecule has 2 amide bonds. The Bertz CT molecular complexity index is 1090. The van der Waals surface area contributed by atoms with Gasteiger partial charge in [0.1, 0.15) is 17.1 Å². The van der Waals surface area contributed by atoms with Crippen LogP contribution in [-0.4, -0.2) is 31.0 Å². The predicted molar refractivity (Wildman–Crippen MR) is 109 cm³/mol. The van der Waals surface area contributed by atoms with Gasteiger partial charge in [0.15, 0.2) is 0 Å². The van der Waals surface area contributed by atoms with Crippen LogP contribution >= 0.6 is 0 Å². The molecule has 0 bridgehead atoms. The molecule has 0 aliphatic heterocycles. The van der Waals surface area contributed by atoms with Crippen LogP contribution < -0.4 is 25.7 Å². The highest BCUT2D eigenvalue weighted by atomic mass is 16.5. The quantitative estimate of drug-likeness (QED) is 0.597. The van der Waals surface area contributed by atoms with Crippen LogP contribution in [0.15, 0.2) is 65.6 Å². The molecule has 2 aromatic carbocycles. The summed E-state index contributed by atoms with van der Waals surface area (Å²) < 4.78 is 10.7. The average molecular weight is 393 g/mol. The van der Waals surface area contributed by atoms with Gasteiger partial charge in [0.25, 0.3) is 17.4 Å². The molecule has 29 heavy (non-hydrogen) atoms. The fraction of sp³-hybridized carbons (Fsp3) is 0.0952. The highest BCUT2D eigenvalue weighted by molar-refractivity contribution is 6.07. The number of carbonyl (C=O) groups is 2. The van der Waals surface area contributed by atoms with E-state index in [2.05, 4.69) is 15.6 Å². The first-order chi connectivity index (χ1) is 14.0. The number of hydrogen-bond acceptors (Lipinski definition) is 5.